The SMILES string of the molecule is Cc1ccc(S(=O)(=O)OC(C(=O)O)c2ccc(F)cc2)cc1. The highest BCUT2D eigenvalue weighted by Crippen LogP contribution is 2.24. The predicted octanol–water partition coefficient (Wildman–Crippen LogP) is 2.67. The van der Waals surface area contributed by atoms with Crippen LogP contribution in [0.4, 0.5) is 4.39 Å². The lowest BCUT2D eigenvalue weighted by molar-refractivity contribution is -0.145. The van der Waals surface area contributed by atoms with E-state index in [1.165, 1.54) is 24.3 Å². The monoisotopic (exact) mass is 324 g/mol. The van der Waals surface area contributed by atoms with Crippen molar-refractivity contribution in [3.63, 3.8) is 0 Å². The van der Waals surface area contributed by atoms with Crippen molar-refractivity contribution >= 4 is 16.1 Å². The molecule has 22 heavy (non-hydrogen) atoms. The standard InChI is InChI=1S/C15H13FO5S/c1-10-2-8-13(9-3-10)22(19,20)21-14(15(17)18)11-4-6-12(16)7-5-11/h2-9,14H,1H3,(H,17,18). The second-order valence-corrected chi connectivity index (χ2v) is 6.21. The molecule has 0 spiro atoms. The summed E-state index contributed by atoms with van der Waals surface area (Å²) in [6, 6.07) is 10.2. The van der Waals surface area contributed by atoms with Crippen molar-refractivity contribution in [1.82, 2.24) is 0 Å². The van der Waals surface area contributed by atoms with Gasteiger partial charge in [0.2, 0.25) is 0 Å². The van der Waals surface area contributed by atoms with Gasteiger partial charge in [-0.1, -0.05) is 29.8 Å². The number of hydrogen-bond acceptors (Lipinski definition) is 4. The maximum absolute atomic E-state index is 12.9. The van der Waals surface area contributed by atoms with Crippen molar-refractivity contribution in [2.75, 3.05) is 0 Å². The second kappa shape index (κ2) is 6.25. The molecule has 0 saturated carbocycles. The van der Waals surface area contributed by atoms with Gasteiger partial charge >= 0.3 is 5.97 Å². The van der Waals surface area contributed by atoms with Gasteiger partial charge in [-0.05, 0) is 36.8 Å². The van der Waals surface area contributed by atoms with Crippen LogP contribution in [0, 0.1) is 12.7 Å². The Kier molecular flexibility index (Phi) is 4.58. The number of aliphatic carboxylic acids is 1. The number of hydrogen-bond donors (Lipinski definition) is 1. The first-order chi connectivity index (χ1) is 10.3. The maximum atomic E-state index is 12.9. The van der Waals surface area contributed by atoms with E-state index in [0.29, 0.717) is 0 Å². The van der Waals surface area contributed by atoms with E-state index in [2.05, 4.69) is 0 Å². The van der Waals surface area contributed by atoms with Gasteiger partial charge in [0, 0.05) is 0 Å². The molecular formula is C15H13FO5S. The molecule has 0 aliphatic heterocycles. The summed E-state index contributed by atoms with van der Waals surface area (Å²) in [6.45, 7) is 1.79. The first kappa shape index (κ1) is 16.1. The number of halogens is 1. The van der Waals surface area contributed by atoms with E-state index >= 15 is 0 Å². The molecule has 0 saturated heterocycles. The molecule has 7 heteroatoms. The molecule has 0 radical (unpaired) electrons. The summed E-state index contributed by atoms with van der Waals surface area (Å²) in [7, 11) is -4.25. The van der Waals surface area contributed by atoms with Crippen molar-refractivity contribution in [2.24, 2.45) is 0 Å². The molecule has 1 atom stereocenters. The normalized spacial score (nSPS) is 12.8. The smallest absolute Gasteiger partial charge is 0.339 e. The van der Waals surface area contributed by atoms with Crippen molar-refractivity contribution in [2.45, 2.75) is 17.9 Å². The zero-order valence-electron chi connectivity index (χ0n) is 11.6. The van der Waals surface area contributed by atoms with Crippen LogP contribution in [0.2, 0.25) is 0 Å². The molecule has 0 aliphatic rings. The topological polar surface area (TPSA) is 80.7 Å². The van der Waals surface area contributed by atoms with Crippen LogP contribution in [0.15, 0.2) is 53.4 Å². The van der Waals surface area contributed by atoms with Gasteiger partial charge < -0.3 is 5.11 Å². The van der Waals surface area contributed by atoms with Gasteiger partial charge in [-0.2, -0.15) is 8.42 Å². The highest BCUT2D eigenvalue weighted by atomic mass is 32.2. The van der Waals surface area contributed by atoms with E-state index in [4.69, 9.17) is 9.29 Å². The van der Waals surface area contributed by atoms with Crippen molar-refractivity contribution in [3.05, 3.63) is 65.5 Å². The van der Waals surface area contributed by atoms with Crippen LogP contribution < -0.4 is 0 Å². The third-order valence-electron chi connectivity index (χ3n) is 2.93. The maximum Gasteiger partial charge on any atom is 0.339 e. The average molecular weight is 324 g/mol. The fraction of sp³-hybridized carbons (Fsp3) is 0.133. The van der Waals surface area contributed by atoms with Crippen molar-refractivity contribution in [1.29, 1.82) is 0 Å². The van der Waals surface area contributed by atoms with Crippen LogP contribution in [0.5, 0.6) is 0 Å². The lowest BCUT2D eigenvalue weighted by Gasteiger charge is -2.14. The van der Waals surface area contributed by atoms with Crippen LogP contribution in [-0.2, 0) is 19.1 Å². The van der Waals surface area contributed by atoms with Gasteiger partial charge in [-0.25, -0.2) is 13.4 Å². The molecule has 116 valence electrons. The summed E-state index contributed by atoms with van der Waals surface area (Å²) in [5.74, 6) is -2.04. The average Bonchev–Trinajstić information content (AvgIpc) is 2.46. The summed E-state index contributed by atoms with van der Waals surface area (Å²) in [5.41, 5.74) is 0.886. The molecule has 0 aliphatic carbocycles. The Morgan fingerprint density at radius 1 is 1.09 bits per heavy atom. The summed E-state index contributed by atoms with van der Waals surface area (Å²) in [6.07, 6.45) is -1.74. The first-order valence-electron chi connectivity index (χ1n) is 6.28. The minimum Gasteiger partial charge on any atom is -0.479 e. The minimum atomic E-state index is -4.25. The van der Waals surface area contributed by atoms with Gasteiger partial charge in [-0.15, -0.1) is 0 Å². The Morgan fingerprint density at radius 3 is 2.14 bits per heavy atom. The lowest BCUT2D eigenvalue weighted by Crippen LogP contribution is -2.20. The molecule has 0 aromatic heterocycles. The van der Waals surface area contributed by atoms with E-state index in [1.807, 2.05) is 0 Å². The van der Waals surface area contributed by atoms with Crippen LogP contribution in [0.3, 0.4) is 0 Å². The van der Waals surface area contributed by atoms with E-state index in [9.17, 15) is 17.6 Å². The van der Waals surface area contributed by atoms with E-state index in [1.54, 1.807) is 19.1 Å². The Bertz CT molecular complexity index is 767. The summed E-state index contributed by atoms with van der Waals surface area (Å²) < 4.78 is 42.0. The largest absolute Gasteiger partial charge is 0.479 e. The number of carboxylic acid groups (broad SMARTS) is 1. The van der Waals surface area contributed by atoms with Crippen molar-refractivity contribution < 1.29 is 26.9 Å². The van der Waals surface area contributed by atoms with Crippen LogP contribution >= 0.6 is 0 Å². The fourth-order valence-electron chi connectivity index (χ4n) is 1.76. The lowest BCUT2D eigenvalue weighted by atomic mass is 10.1. The van der Waals surface area contributed by atoms with Crippen LogP contribution in [0.25, 0.3) is 0 Å². The van der Waals surface area contributed by atoms with Gasteiger partial charge in [-0.3, -0.25) is 0 Å². The fourth-order valence-corrected chi connectivity index (χ4v) is 2.79. The Balaban J connectivity index is 2.33. The van der Waals surface area contributed by atoms with Gasteiger partial charge in [0.1, 0.15) is 5.82 Å². The Labute approximate surface area is 127 Å². The van der Waals surface area contributed by atoms with Gasteiger partial charge in [0.15, 0.2) is 6.10 Å². The predicted molar refractivity (Wildman–Crippen MR) is 76.2 cm³/mol. The minimum absolute atomic E-state index is 0.0320. The molecule has 2 aromatic rings. The Hall–Kier alpha value is -2.25. The highest BCUT2D eigenvalue weighted by molar-refractivity contribution is 7.86. The third-order valence-corrected chi connectivity index (χ3v) is 4.22. The highest BCUT2D eigenvalue weighted by Gasteiger charge is 2.28. The molecule has 0 fully saturated rings. The number of carbonyl (C=O) groups is 1. The second-order valence-electron chi connectivity index (χ2n) is 4.63. The molecule has 1 N–H and O–H groups in total. The summed E-state index contributed by atoms with van der Waals surface area (Å²) in [5, 5.41) is 9.17. The molecule has 5 nitrogen and oxygen atoms in total. The Morgan fingerprint density at radius 2 is 1.64 bits per heavy atom. The summed E-state index contributed by atoms with van der Waals surface area (Å²) >= 11 is 0. The first-order valence-corrected chi connectivity index (χ1v) is 7.68. The van der Waals surface area contributed by atoms with Gasteiger partial charge in [0.05, 0.1) is 4.90 Å². The zero-order valence-corrected chi connectivity index (χ0v) is 12.4. The third kappa shape index (κ3) is 3.69. The van der Waals surface area contributed by atoms with Crippen molar-refractivity contribution in [3.8, 4) is 0 Å². The van der Waals surface area contributed by atoms with Crippen LogP contribution in [0.1, 0.15) is 17.2 Å². The van der Waals surface area contributed by atoms with E-state index < -0.39 is 28.0 Å². The van der Waals surface area contributed by atoms with E-state index in [0.717, 1.165) is 17.7 Å². The number of carboxylic acids is 1. The molecular weight excluding hydrogens is 311 g/mol. The molecule has 0 amide bonds. The van der Waals surface area contributed by atoms with Crippen LogP contribution in [-0.4, -0.2) is 19.5 Å². The summed E-state index contributed by atoms with van der Waals surface area (Å²) in [4.78, 5) is 11.1. The molecule has 1 unspecified atom stereocenters. The molecule has 0 bridgehead atoms. The zero-order chi connectivity index (χ0) is 16.3. The molecule has 0 heterocycles. The number of aryl methyl sites for hydroxylation is 1. The quantitative estimate of drug-likeness (QED) is 0.855. The van der Waals surface area contributed by atoms with Gasteiger partial charge in [0.25, 0.3) is 10.1 Å². The number of benzene rings is 2. The van der Waals surface area contributed by atoms with E-state index in [-0.39, 0.29) is 10.5 Å². The number of rotatable bonds is 5. The molecule has 2 rings (SSSR count). The molecule has 2 aromatic carbocycles.